The second-order valence-corrected chi connectivity index (χ2v) is 9.11. The Kier molecular flexibility index (Phi) is 4.91. The molecule has 4 fully saturated rings. The van der Waals surface area contributed by atoms with E-state index in [4.69, 9.17) is 4.74 Å². The van der Waals surface area contributed by atoms with Crippen LogP contribution in [0.3, 0.4) is 0 Å². The number of rotatable bonds is 3. The molecule has 2 amide bonds. The summed E-state index contributed by atoms with van der Waals surface area (Å²) in [5, 5.41) is 11.6. The van der Waals surface area contributed by atoms with Crippen molar-refractivity contribution in [2.45, 2.75) is 69.3 Å². The van der Waals surface area contributed by atoms with Crippen molar-refractivity contribution in [2.75, 3.05) is 26.2 Å². The summed E-state index contributed by atoms with van der Waals surface area (Å²) in [6, 6.07) is -0.719. The number of nitrogens with zero attached hydrogens (tertiary/aromatic N) is 2. The van der Waals surface area contributed by atoms with Crippen molar-refractivity contribution in [3.05, 3.63) is 0 Å². The number of piperidine rings is 1. The number of nitrogens with one attached hydrogen (secondary N) is 1. The Labute approximate surface area is 167 Å². The van der Waals surface area contributed by atoms with Crippen molar-refractivity contribution in [1.82, 2.24) is 15.1 Å². The minimum absolute atomic E-state index is 0.0349. The van der Waals surface area contributed by atoms with Gasteiger partial charge >= 0.3 is 18.4 Å². The summed E-state index contributed by atoms with van der Waals surface area (Å²) in [6.07, 6.45) is -3.55. The molecule has 1 saturated carbocycles. The van der Waals surface area contributed by atoms with Crippen LogP contribution in [0.4, 0.5) is 22.8 Å². The van der Waals surface area contributed by atoms with Crippen molar-refractivity contribution in [3.8, 4) is 0 Å². The number of amides is 2. The lowest BCUT2D eigenvalue weighted by atomic mass is 9.54. The third-order valence-electron chi connectivity index (χ3n) is 7.73. The number of hydrogen-bond donors (Lipinski definition) is 2. The minimum atomic E-state index is -4.36. The van der Waals surface area contributed by atoms with Crippen LogP contribution in [0.25, 0.3) is 0 Å². The van der Waals surface area contributed by atoms with Gasteiger partial charge in [0.25, 0.3) is 0 Å². The molecule has 3 saturated heterocycles. The number of carboxylic acid groups (broad SMARTS) is 1. The van der Waals surface area contributed by atoms with Gasteiger partial charge in [0.05, 0.1) is 12.5 Å². The molecule has 4 unspecified atom stereocenters. The molecule has 4 rings (SSSR count). The number of carbonyl (C=O) groups excluding carboxylic acids is 1. The molecule has 1 aliphatic carbocycles. The first-order valence-electron chi connectivity index (χ1n) is 10.4. The Balaban J connectivity index is 1.39. The maximum absolute atomic E-state index is 12.9. The first kappa shape index (κ1) is 20.6. The van der Waals surface area contributed by atoms with E-state index in [2.05, 4.69) is 17.1 Å². The molecular formula is C19H28F3N3O4. The van der Waals surface area contributed by atoms with Crippen LogP contribution < -0.4 is 5.32 Å². The number of alkyl carbamates (subject to hydrolysis) is 1. The SMILES string of the molecule is CCC1C(N2CCC3(CC2)OC(=O)NC3CC(F)(F)F)CC12CCN(C(=O)O)C2. The Morgan fingerprint density at radius 3 is 2.52 bits per heavy atom. The van der Waals surface area contributed by atoms with Crippen LogP contribution in [0.2, 0.25) is 0 Å². The summed E-state index contributed by atoms with van der Waals surface area (Å²) >= 11 is 0. The number of hydrogen-bond acceptors (Lipinski definition) is 4. The van der Waals surface area contributed by atoms with Crippen molar-refractivity contribution in [3.63, 3.8) is 0 Å². The molecule has 2 N–H and O–H groups in total. The maximum atomic E-state index is 12.9. The maximum Gasteiger partial charge on any atom is 0.408 e. The molecule has 0 radical (unpaired) electrons. The van der Waals surface area contributed by atoms with E-state index < -0.39 is 36.4 Å². The second-order valence-electron chi connectivity index (χ2n) is 9.11. The number of ether oxygens (including phenoxy) is 1. The Bertz CT molecular complexity index is 680. The van der Waals surface area contributed by atoms with Gasteiger partial charge in [0.1, 0.15) is 5.60 Å². The molecule has 10 heteroatoms. The second kappa shape index (κ2) is 6.92. The van der Waals surface area contributed by atoms with Crippen LogP contribution in [0.1, 0.15) is 45.4 Å². The summed E-state index contributed by atoms with van der Waals surface area (Å²) in [7, 11) is 0. The molecule has 2 spiro atoms. The molecule has 0 aromatic carbocycles. The van der Waals surface area contributed by atoms with Gasteiger partial charge < -0.3 is 20.1 Å². The van der Waals surface area contributed by atoms with Gasteiger partial charge in [-0.25, -0.2) is 9.59 Å². The first-order valence-corrected chi connectivity index (χ1v) is 10.4. The van der Waals surface area contributed by atoms with E-state index in [1.165, 1.54) is 4.90 Å². The van der Waals surface area contributed by atoms with E-state index in [-0.39, 0.29) is 5.41 Å². The molecule has 3 aliphatic heterocycles. The largest absolute Gasteiger partial charge is 0.465 e. The minimum Gasteiger partial charge on any atom is -0.465 e. The highest BCUT2D eigenvalue weighted by Crippen LogP contribution is 2.56. The lowest BCUT2D eigenvalue weighted by Gasteiger charge is -2.58. The summed E-state index contributed by atoms with van der Waals surface area (Å²) in [5.41, 5.74) is -1.05. The number of carbonyl (C=O) groups is 2. The van der Waals surface area contributed by atoms with Crippen molar-refractivity contribution in [2.24, 2.45) is 11.3 Å². The van der Waals surface area contributed by atoms with Crippen molar-refractivity contribution < 1.29 is 32.6 Å². The number of halogens is 3. The molecule has 0 bridgehead atoms. The van der Waals surface area contributed by atoms with Gasteiger partial charge in [0.2, 0.25) is 0 Å². The van der Waals surface area contributed by atoms with Crippen LogP contribution in [0, 0.1) is 11.3 Å². The summed E-state index contributed by atoms with van der Waals surface area (Å²) in [5.74, 6) is 0.385. The Hall–Kier alpha value is -1.71. The van der Waals surface area contributed by atoms with Crippen LogP contribution in [0.15, 0.2) is 0 Å². The molecule has 0 aromatic heterocycles. The monoisotopic (exact) mass is 419 g/mol. The molecule has 0 aromatic rings. The number of likely N-dealkylation sites (tertiary alicyclic amines) is 2. The molecule has 29 heavy (non-hydrogen) atoms. The van der Waals surface area contributed by atoms with E-state index >= 15 is 0 Å². The highest BCUT2D eigenvalue weighted by molar-refractivity contribution is 5.71. The predicted octanol–water partition coefficient (Wildman–Crippen LogP) is 3.05. The highest BCUT2D eigenvalue weighted by Gasteiger charge is 2.60. The van der Waals surface area contributed by atoms with Gasteiger partial charge in [0.15, 0.2) is 0 Å². The lowest BCUT2D eigenvalue weighted by molar-refractivity contribution is -0.154. The fraction of sp³-hybridized carbons (Fsp3) is 0.895. The fourth-order valence-electron chi connectivity index (χ4n) is 6.29. The molecule has 4 aliphatic rings. The Morgan fingerprint density at radius 1 is 1.28 bits per heavy atom. The van der Waals surface area contributed by atoms with E-state index in [1.54, 1.807) is 0 Å². The average molecular weight is 419 g/mol. The highest BCUT2D eigenvalue weighted by atomic mass is 19.4. The van der Waals surface area contributed by atoms with Gasteiger partial charge in [0, 0.05) is 45.1 Å². The third-order valence-corrected chi connectivity index (χ3v) is 7.73. The molecule has 3 heterocycles. The number of alkyl halides is 3. The predicted molar refractivity (Wildman–Crippen MR) is 96.4 cm³/mol. The molecule has 7 nitrogen and oxygen atoms in total. The quantitative estimate of drug-likeness (QED) is 0.735. The van der Waals surface area contributed by atoms with E-state index in [1.807, 2.05) is 0 Å². The zero-order valence-corrected chi connectivity index (χ0v) is 16.5. The smallest absolute Gasteiger partial charge is 0.408 e. The summed E-state index contributed by atoms with van der Waals surface area (Å²) in [6.45, 7) is 4.44. The van der Waals surface area contributed by atoms with Gasteiger partial charge in [-0.15, -0.1) is 0 Å². The van der Waals surface area contributed by atoms with Crippen molar-refractivity contribution >= 4 is 12.2 Å². The van der Waals surface area contributed by atoms with Gasteiger partial charge in [-0.3, -0.25) is 4.90 Å². The van der Waals surface area contributed by atoms with Crippen molar-refractivity contribution in [1.29, 1.82) is 0 Å². The van der Waals surface area contributed by atoms with Gasteiger partial charge in [-0.2, -0.15) is 13.2 Å². The first-order chi connectivity index (χ1) is 13.6. The Morgan fingerprint density at radius 2 is 1.97 bits per heavy atom. The molecule has 164 valence electrons. The molecule has 4 atom stereocenters. The topological polar surface area (TPSA) is 82.1 Å². The summed E-state index contributed by atoms with van der Waals surface area (Å²) in [4.78, 5) is 26.8. The van der Waals surface area contributed by atoms with Crippen LogP contribution in [0.5, 0.6) is 0 Å². The van der Waals surface area contributed by atoms with Gasteiger partial charge in [-0.05, 0) is 24.2 Å². The summed E-state index contributed by atoms with van der Waals surface area (Å²) < 4.78 is 44.2. The van der Waals surface area contributed by atoms with Gasteiger partial charge in [-0.1, -0.05) is 13.3 Å². The standard InChI is InChI=1S/C19H28F3N3O4/c1-2-12-13(9-17(12)3-6-25(11-17)16(27)28)24-7-4-18(5-8-24)14(10-19(20,21)22)23-15(26)29-18/h12-14H,2-11H2,1H3,(H,23,26)(H,27,28). The van der Waals surface area contributed by atoms with E-state index in [0.717, 1.165) is 19.3 Å². The van der Waals surface area contributed by atoms with E-state index in [0.29, 0.717) is 51.0 Å². The van der Waals surface area contributed by atoms with Crippen LogP contribution >= 0.6 is 0 Å². The van der Waals surface area contributed by atoms with Crippen LogP contribution in [-0.2, 0) is 4.74 Å². The van der Waals surface area contributed by atoms with Crippen LogP contribution in [-0.4, -0.2) is 77.1 Å². The third kappa shape index (κ3) is 3.53. The fourth-order valence-corrected chi connectivity index (χ4v) is 6.29. The molecular weight excluding hydrogens is 391 g/mol. The zero-order valence-electron chi connectivity index (χ0n) is 16.5. The zero-order chi connectivity index (χ0) is 21.0. The average Bonchev–Trinajstić information content (AvgIpc) is 3.17. The normalized spacial score (nSPS) is 36.9. The lowest BCUT2D eigenvalue weighted by Crippen LogP contribution is -2.63. The van der Waals surface area contributed by atoms with E-state index in [9.17, 15) is 27.9 Å².